The number of halogens is 2. The minimum Gasteiger partial charge on any atom is -0.364 e. The van der Waals surface area contributed by atoms with Gasteiger partial charge in [0.25, 0.3) is 0 Å². The Morgan fingerprint density at radius 2 is 2.08 bits per heavy atom. The molecule has 1 rings (SSSR count). The molecule has 0 spiro atoms. The predicted molar refractivity (Wildman–Crippen MR) is 49.5 cm³/mol. The average Bonchev–Trinajstić information content (AvgIpc) is 2.24. The van der Waals surface area contributed by atoms with Crippen molar-refractivity contribution in [1.29, 1.82) is 0 Å². The van der Waals surface area contributed by atoms with E-state index in [1.54, 1.807) is 0 Å². The minimum atomic E-state index is -2.96. The molecule has 0 saturated carbocycles. The topological polar surface area (TPSA) is 27.7 Å². The van der Waals surface area contributed by atoms with Crippen molar-refractivity contribution in [2.75, 3.05) is 6.61 Å². The number of hydrogen-bond donors (Lipinski definition) is 0. The van der Waals surface area contributed by atoms with Gasteiger partial charge in [-0.25, -0.2) is 8.78 Å². The van der Waals surface area contributed by atoms with Crippen molar-refractivity contribution >= 4 is 18.9 Å². The van der Waals surface area contributed by atoms with Crippen LogP contribution in [0.1, 0.15) is 6.92 Å². The highest BCUT2D eigenvalue weighted by atomic mass is 31.0. The molecule has 0 bridgehead atoms. The predicted octanol–water partition coefficient (Wildman–Crippen LogP) is 1.39. The standard InChI is InChI=1S/C6H12F2O3P2/c1-3-6(7,8)5(11-13)4(10-3)2-9-12/h3-5H,2,12-13H2,1H3/t3-,4-,5+/m1/s1. The van der Waals surface area contributed by atoms with E-state index in [0.717, 1.165) is 0 Å². The summed E-state index contributed by atoms with van der Waals surface area (Å²) in [6.45, 7) is 1.39. The lowest BCUT2D eigenvalue weighted by molar-refractivity contribution is -0.0942. The van der Waals surface area contributed by atoms with Gasteiger partial charge in [0.2, 0.25) is 0 Å². The Bertz CT molecular complexity index is 181. The van der Waals surface area contributed by atoms with Crippen LogP contribution < -0.4 is 0 Å². The van der Waals surface area contributed by atoms with Crippen molar-refractivity contribution in [2.45, 2.75) is 31.2 Å². The van der Waals surface area contributed by atoms with Gasteiger partial charge in [0.15, 0.2) is 6.10 Å². The molecule has 2 unspecified atom stereocenters. The van der Waals surface area contributed by atoms with Crippen molar-refractivity contribution < 1.29 is 22.6 Å². The van der Waals surface area contributed by atoms with Crippen molar-refractivity contribution in [3.63, 3.8) is 0 Å². The molecule has 1 saturated heterocycles. The van der Waals surface area contributed by atoms with Crippen LogP contribution in [0, 0.1) is 0 Å². The zero-order chi connectivity index (χ0) is 10.1. The van der Waals surface area contributed by atoms with Crippen LogP contribution in [-0.2, 0) is 13.8 Å². The van der Waals surface area contributed by atoms with Crippen molar-refractivity contribution in [3.8, 4) is 0 Å². The molecule has 13 heavy (non-hydrogen) atoms. The van der Waals surface area contributed by atoms with Gasteiger partial charge in [-0.1, -0.05) is 0 Å². The Morgan fingerprint density at radius 1 is 1.46 bits per heavy atom. The highest BCUT2D eigenvalue weighted by molar-refractivity contribution is 7.10. The highest BCUT2D eigenvalue weighted by Crippen LogP contribution is 2.39. The molecule has 0 N–H and O–H groups in total. The Hall–Kier alpha value is 0.600. The SMILES string of the molecule is C[C@H]1O[C@H](COP)[C@H](OP)C1(F)F. The van der Waals surface area contributed by atoms with E-state index in [4.69, 9.17) is 4.74 Å². The molecule has 1 aliphatic rings. The van der Waals surface area contributed by atoms with Gasteiger partial charge >= 0.3 is 5.92 Å². The first-order chi connectivity index (χ1) is 6.04. The second-order valence-corrected chi connectivity index (χ2v) is 3.49. The first-order valence-corrected chi connectivity index (χ1v) is 4.68. The zero-order valence-corrected chi connectivity index (χ0v) is 9.38. The molecule has 0 aliphatic carbocycles. The molecule has 1 heterocycles. The Labute approximate surface area is 80.1 Å². The van der Waals surface area contributed by atoms with Gasteiger partial charge in [-0.05, 0) is 6.92 Å². The Morgan fingerprint density at radius 3 is 2.54 bits per heavy atom. The maximum absolute atomic E-state index is 13.3. The quantitative estimate of drug-likeness (QED) is 0.688. The monoisotopic (exact) mass is 232 g/mol. The summed E-state index contributed by atoms with van der Waals surface area (Å²) in [6, 6.07) is 0. The lowest BCUT2D eigenvalue weighted by atomic mass is 10.1. The first kappa shape index (κ1) is 11.7. The van der Waals surface area contributed by atoms with Crippen LogP contribution in [0.3, 0.4) is 0 Å². The van der Waals surface area contributed by atoms with E-state index in [0.29, 0.717) is 0 Å². The summed E-state index contributed by atoms with van der Waals surface area (Å²) in [4.78, 5) is 0. The van der Waals surface area contributed by atoms with Crippen LogP contribution >= 0.6 is 18.9 Å². The van der Waals surface area contributed by atoms with Crippen LogP contribution in [0.4, 0.5) is 8.78 Å². The van der Waals surface area contributed by atoms with Gasteiger partial charge < -0.3 is 13.8 Å². The molecule has 1 fully saturated rings. The van der Waals surface area contributed by atoms with Crippen molar-refractivity contribution in [2.24, 2.45) is 0 Å². The molecule has 0 aromatic rings. The second kappa shape index (κ2) is 4.41. The first-order valence-electron chi connectivity index (χ1n) is 3.74. The molecule has 0 aromatic heterocycles. The number of alkyl halides is 2. The lowest BCUT2D eigenvalue weighted by Gasteiger charge is -2.20. The Balaban J connectivity index is 2.70. The second-order valence-electron chi connectivity index (χ2n) is 2.88. The molecular weight excluding hydrogens is 220 g/mol. The van der Waals surface area contributed by atoms with E-state index in [9.17, 15) is 8.78 Å². The van der Waals surface area contributed by atoms with Gasteiger partial charge in [0.1, 0.15) is 12.2 Å². The number of hydrogen-bond acceptors (Lipinski definition) is 3. The van der Waals surface area contributed by atoms with E-state index >= 15 is 0 Å². The molecule has 5 atom stereocenters. The molecular formula is C6H12F2O3P2. The van der Waals surface area contributed by atoms with Crippen LogP contribution in [0.15, 0.2) is 0 Å². The molecule has 1 aliphatic heterocycles. The van der Waals surface area contributed by atoms with E-state index in [-0.39, 0.29) is 6.61 Å². The van der Waals surface area contributed by atoms with Crippen molar-refractivity contribution in [3.05, 3.63) is 0 Å². The summed E-state index contributed by atoms with van der Waals surface area (Å²) < 4.78 is 40.8. The van der Waals surface area contributed by atoms with E-state index in [1.807, 2.05) is 18.9 Å². The van der Waals surface area contributed by atoms with E-state index in [1.165, 1.54) is 6.92 Å². The summed E-state index contributed by atoms with van der Waals surface area (Å²) in [6.07, 6.45) is -3.11. The normalized spacial score (nSPS) is 38.1. The third-order valence-corrected chi connectivity index (χ3v) is 2.53. The summed E-state index contributed by atoms with van der Waals surface area (Å²) >= 11 is 0. The van der Waals surface area contributed by atoms with Gasteiger partial charge in [0, 0.05) is 18.9 Å². The number of ether oxygens (including phenoxy) is 1. The molecule has 78 valence electrons. The fourth-order valence-electron chi connectivity index (χ4n) is 1.30. The smallest absolute Gasteiger partial charge is 0.301 e. The summed E-state index contributed by atoms with van der Waals surface area (Å²) in [5.74, 6) is -2.96. The van der Waals surface area contributed by atoms with Crippen LogP contribution in [0.25, 0.3) is 0 Å². The maximum atomic E-state index is 13.3. The number of rotatable bonds is 3. The highest BCUT2D eigenvalue weighted by Gasteiger charge is 2.57. The van der Waals surface area contributed by atoms with Crippen LogP contribution in [0.5, 0.6) is 0 Å². The third kappa shape index (κ3) is 2.16. The molecule has 7 heteroatoms. The fraction of sp³-hybridized carbons (Fsp3) is 1.00. The largest absolute Gasteiger partial charge is 0.364 e. The minimum absolute atomic E-state index is 0.0731. The summed E-state index contributed by atoms with van der Waals surface area (Å²) in [5.41, 5.74) is 0. The molecule has 0 radical (unpaired) electrons. The van der Waals surface area contributed by atoms with Gasteiger partial charge in [0.05, 0.1) is 6.61 Å². The molecule has 3 nitrogen and oxygen atoms in total. The van der Waals surface area contributed by atoms with Crippen molar-refractivity contribution in [1.82, 2.24) is 0 Å². The van der Waals surface area contributed by atoms with Gasteiger partial charge in [-0.2, -0.15) is 0 Å². The maximum Gasteiger partial charge on any atom is 0.301 e. The van der Waals surface area contributed by atoms with Gasteiger partial charge in [-0.15, -0.1) is 0 Å². The van der Waals surface area contributed by atoms with E-state index in [2.05, 4.69) is 9.05 Å². The lowest BCUT2D eigenvalue weighted by Crippen LogP contribution is -2.40. The molecule has 0 amide bonds. The Kier molecular flexibility index (Phi) is 3.96. The summed E-state index contributed by atoms with van der Waals surface area (Å²) in [7, 11) is 3.82. The van der Waals surface area contributed by atoms with Crippen LogP contribution in [0.2, 0.25) is 0 Å². The third-order valence-electron chi connectivity index (χ3n) is 2.05. The summed E-state index contributed by atoms with van der Waals surface area (Å²) in [5, 5.41) is 0. The average molecular weight is 232 g/mol. The molecule has 0 aromatic carbocycles. The fourth-order valence-corrected chi connectivity index (χ4v) is 1.85. The van der Waals surface area contributed by atoms with Crippen LogP contribution in [-0.4, -0.2) is 30.8 Å². The zero-order valence-electron chi connectivity index (χ0n) is 7.07. The van der Waals surface area contributed by atoms with E-state index < -0.39 is 24.2 Å². The van der Waals surface area contributed by atoms with Gasteiger partial charge in [-0.3, -0.25) is 0 Å².